The third-order valence-corrected chi connectivity index (χ3v) is 7.96. The summed E-state index contributed by atoms with van der Waals surface area (Å²) in [5.41, 5.74) is 0. The predicted molar refractivity (Wildman–Crippen MR) is 161 cm³/mol. The minimum absolute atomic E-state index is 0.126. The van der Waals surface area contributed by atoms with Crippen molar-refractivity contribution >= 4 is 5.97 Å². The van der Waals surface area contributed by atoms with Gasteiger partial charge in [0.25, 0.3) is 0 Å². The lowest BCUT2D eigenvalue weighted by molar-refractivity contribution is -0.142. The number of carbonyl (C=O) groups is 1. The van der Waals surface area contributed by atoms with Crippen LogP contribution >= 0.6 is 0 Å². The van der Waals surface area contributed by atoms with Crippen LogP contribution in [0.1, 0.15) is 188 Å². The molecule has 2 atom stereocenters. The van der Waals surface area contributed by atoms with E-state index in [0.29, 0.717) is 5.92 Å². The van der Waals surface area contributed by atoms with E-state index in [-0.39, 0.29) is 5.92 Å². The maximum Gasteiger partial charge on any atom is 0.306 e. The highest BCUT2D eigenvalue weighted by molar-refractivity contribution is 5.69. The lowest BCUT2D eigenvalue weighted by Crippen LogP contribution is -2.18. The number of aliphatic carboxylic acids is 1. The number of carboxylic acids is 1. The zero-order chi connectivity index (χ0) is 26.5. The maximum atomic E-state index is 12.0. The molecule has 2 nitrogen and oxygen atoms in total. The highest BCUT2D eigenvalue weighted by Crippen LogP contribution is 2.28. The maximum absolute atomic E-state index is 12.0. The molecule has 0 aliphatic carbocycles. The van der Waals surface area contributed by atoms with Gasteiger partial charge in [0.05, 0.1) is 5.92 Å². The summed E-state index contributed by atoms with van der Waals surface area (Å²) in [4.78, 5) is 12.0. The summed E-state index contributed by atoms with van der Waals surface area (Å²) in [5, 5.41) is 9.90. The van der Waals surface area contributed by atoms with Crippen molar-refractivity contribution in [1.82, 2.24) is 0 Å². The molecule has 0 fully saturated rings. The van der Waals surface area contributed by atoms with Gasteiger partial charge in [-0.25, -0.2) is 0 Å². The summed E-state index contributed by atoms with van der Waals surface area (Å²) in [6.07, 6.45) is 37.7. The van der Waals surface area contributed by atoms with Gasteiger partial charge in [0, 0.05) is 0 Å². The van der Waals surface area contributed by atoms with E-state index in [0.717, 1.165) is 19.3 Å². The van der Waals surface area contributed by atoms with E-state index in [1.165, 1.54) is 148 Å². The van der Waals surface area contributed by atoms with Gasteiger partial charge in [-0.2, -0.15) is 0 Å². The molecule has 0 heterocycles. The molecule has 0 saturated heterocycles. The van der Waals surface area contributed by atoms with Crippen molar-refractivity contribution in [2.75, 3.05) is 0 Å². The molecule has 0 radical (unpaired) electrons. The molecular formula is C34H66O2. The van der Waals surface area contributed by atoms with Crippen LogP contribution in [0.4, 0.5) is 0 Å². The largest absolute Gasteiger partial charge is 0.481 e. The molecule has 0 spiro atoms. The van der Waals surface area contributed by atoms with Gasteiger partial charge in [0.1, 0.15) is 0 Å². The molecule has 2 unspecified atom stereocenters. The molecule has 0 aliphatic heterocycles. The van der Waals surface area contributed by atoms with Crippen molar-refractivity contribution in [2.45, 2.75) is 188 Å². The van der Waals surface area contributed by atoms with Gasteiger partial charge in [-0.05, 0) is 44.4 Å². The van der Waals surface area contributed by atoms with Crippen LogP contribution < -0.4 is 0 Å². The quantitative estimate of drug-likeness (QED) is 0.0808. The number of carboxylic acid groups (broad SMARTS) is 1. The Hall–Kier alpha value is -0.790. The van der Waals surface area contributed by atoms with E-state index in [9.17, 15) is 9.90 Å². The average Bonchev–Trinajstić information content (AvgIpc) is 2.87. The van der Waals surface area contributed by atoms with E-state index in [1.54, 1.807) is 0 Å². The Morgan fingerprint density at radius 1 is 0.528 bits per heavy atom. The minimum Gasteiger partial charge on any atom is -0.481 e. The third kappa shape index (κ3) is 24.9. The molecular weight excluding hydrogens is 440 g/mol. The number of rotatable bonds is 29. The van der Waals surface area contributed by atoms with Gasteiger partial charge in [-0.3, -0.25) is 4.79 Å². The van der Waals surface area contributed by atoms with Crippen molar-refractivity contribution in [3.63, 3.8) is 0 Å². The monoisotopic (exact) mass is 507 g/mol. The molecule has 0 bridgehead atoms. The van der Waals surface area contributed by atoms with Crippen LogP contribution in [0.3, 0.4) is 0 Å². The van der Waals surface area contributed by atoms with Crippen molar-refractivity contribution in [3.8, 4) is 0 Å². The van der Waals surface area contributed by atoms with Gasteiger partial charge in [-0.15, -0.1) is 0 Å². The van der Waals surface area contributed by atoms with Crippen molar-refractivity contribution in [3.05, 3.63) is 12.2 Å². The smallest absolute Gasteiger partial charge is 0.306 e. The van der Waals surface area contributed by atoms with E-state index in [1.807, 2.05) is 0 Å². The Morgan fingerprint density at radius 3 is 1.33 bits per heavy atom. The van der Waals surface area contributed by atoms with Crippen LogP contribution in [0.2, 0.25) is 0 Å². The number of unbranched alkanes of at least 4 members (excludes halogenated alkanes) is 18. The Balaban J connectivity index is 4.09. The van der Waals surface area contributed by atoms with E-state index in [2.05, 4.69) is 32.9 Å². The van der Waals surface area contributed by atoms with Crippen molar-refractivity contribution < 1.29 is 9.90 Å². The summed E-state index contributed by atoms with van der Waals surface area (Å²) in [7, 11) is 0. The number of hydrogen-bond donors (Lipinski definition) is 1. The van der Waals surface area contributed by atoms with Crippen molar-refractivity contribution in [1.29, 1.82) is 0 Å². The normalized spacial score (nSPS) is 13.4. The third-order valence-electron chi connectivity index (χ3n) is 7.96. The first kappa shape index (κ1) is 35.2. The van der Waals surface area contributed by atoms with Crippen molar-refractivity contribution in [2.24, 2.45) is 11.8 Å². The average molecular weight is 507 g/mol. The number of hydrogen-bond acceptors (Lipinski definition) is 1. The second-order valence-electron chi connectivity index (χ2n) is 11.6. The van der Waals surface area contributed by atoms with E-state index >= 15 is 0 Å². The zero-order valence-electron chi connectivity index (χ0n) is 25.0. The first-order valence-electron chi connectivity index (χ1n) is 16.5. The molecule has 0 aliphatic rings. The second-order valence-corrected chi connectivity index (χ2v) is 11.6. The van der Waals surface area contributed by atoms with Gasteiger partial charge < -0.3 is 5.11 Å². The molecule has 1 N–H and O–H groups in total. The first-order chi connectivity index (χ1) is 17.7. The Labute approximate surface area is 227 Å². The van der Waals surface area contributed by atoms with Gasteiger partial charge >= 0.3 is 5.97 Å². The van der Waals surface area contributed by atoms with Gasteiger partial charge in [0.15, 0.2) is 0 Å². The predicted octanol–water partition coefficient (Wildman–Crippen LogP) is 12.1. The van der Waals surface area contributed by atoms with Crippen LogP contribution in [-0.4, -0.2) is 11.1 Å². The fraction of sp³-hybridized carbons (Fsp3) is 0.912. The highest BCUT2D eigenvalue weighted by Gasteiger charge is 2.22. The fourth-order valence-corrected chi connectivity index (χ4v) is 5.48. The van der Waals surface area contributed by atoms with Crippen LogP contribution in [0.5, 0.6) is 0 Å². The van der Waals surface area contributed by atoms with E-state index in [4.69, 9.17) is 0 Å². The van der Waals surface area contributed by atoms with Crippen LogP contribution in [0, 0.1) is 11.8 Å². The topological polar surface area (TPSA) is 37.3 Å². The van der Waals surface area contributed by atoms with Crippen LogP contribution in [-0.2, 0) is 4.79 Å². The minimum atomic E-state index is -0.547. The van der Waals surface area contributed by atoms with Gasteiger partial charge in [0.2, 0.25) is 0 Å². The Morgan fingerprint density at radius 2 is 0.889 bits per heavy atom. The molecule has 214 valence electrons. The highest BCUT2D eigenvalue weighted by atomic mass is 16.4. The molecule has 0 saturated carbocycles. The second kappa shape index (κ2) is 28.8. The summed E-state index contributed by atoms with van der Waals surface area (Å²) < 4.78 is 0. The standard InChI is InChI=1S/C34H66O2/c1-4-7-10-13-15-16-17-18-19-20-21-22-24-27-30-33(34(35)36)31-32(28-25-12-9-6-3)29-26-23-14-11-8-5-2/h18-19,32-33H,4-17,20-31H2,1-3H3,(H,35,36)/b19-18-. The zero-order valence-corrected chi connectivity index (χ0v) is 25.0. The molecule has 0 aromatic rings. The summed E-state index contributed by atoms with van der Waals surface area (Å²) in [5.74, 6) is -0.0569. The molecule has 36 heavy (non-hydrogen) atoms. The number of allylic oxidation sites excluding steroid dienone is 2. The lowest BCUT2D eigenvalue weighted by atomic mass is 9.84. The molecule has 0 rings (SSSR count). The molecule has 0 aromatic carbocycles. The fourth-order valence-electron chi connectivity index (χ4n) is 5.48. The van der Waals surface area contributed by atoms with Gasteiger partial charge in [-0.1, -0.05) is 161 Å². The molecule has 2 heteroatoms. The Kier molecular flexibility index (Phi) is 28.1. The summed E-state index contributed by atoms with van der Waals surface area (Å²) >= 11 is 0. The molecule has 0 amide bonds. The SMILES string of the molecule is CCCCCCCC/C=C\CCCCCCC(CC(CCCCCC)CCCCCCCC)C(=O)O. The molecule has 0 aromatic heterocycles. The Bertz CT molecular complexity index is 470. The summed E-state index contributed by atoms with van der Waals surface area (Å²) in [6.45, 7) is 6.81. The summed E-state index contributed by atoms with van der Waals surface area (Å²) in [6, 6.07) is 0. The van der Waals surface area contributed by atoms with Crippen LogP contribution in [0.25, 0.3) is 0 Å². The lowest BCUT2D eigenvalue weighted by Gasteiger charge is -2.21. The van der Waals surface area contributed by atoms with Crippen LogP contribution in [0.15, 0.2) is 12.2 Å². The van der Waals surface area contributed by atoms with E-state index < -0.39 is 5.97 Å². The first-order valence-corrected chi connectivity index (χ1v) is 16.5.